The van der Waals surface area contributed by atoms with Crippen LogP contribution in [0.2, 0.25) is 0 Å². The Bertz CT molecular complexity index is 5610. The van der Waals surface area contributed by atoms with Crippen LogP contribution < -0.4 is 23.8 Å². The van der Waals surface area contributed by atoms with Gasteiger partial charge in [-0.1, -0.05) is 175 Å². The van der Waals surface area contributed by atoms with Gasteiger partial charge >= 0.3 is 0 Å². The summed E-state index contributed by atoms with van der Waals surface area (Å²) in [6.45, 7) is 2.06. The number of hydrogen-bond donors (Lipinski definition) is 0. The molecule has 0 saturated heterocycles. The minimum absolute atomic E-state index is 0.251. The number of imide groups is 2. The second-order valence-electron chi connectivity index (χ2n) is 25.4. The highest BCUT2D eigenvalue weighted by Gasteiger charge is 2.48. The molecule has 0 unspecified atom stereocenters. The lowest BCUT2D eigenvalue weighted by molar-refractivity contribution is 0.0692. The minimum Gasteiger partial charge on any atom is -0.457 e. The molecule has 0 aromatic heterocycles. The molecule has 0 radical (unpaired) electrons. The van der Waals surface area contributed by atoms with Gasteiger partial charge in [0.05, 0.1) is 38.8 Å². The number of benzene rings is 14. The van der Waals surface area contributed by atoms with Gasteiger partial charge in [0.15, 0.2) is 0 Å². The van der Waals surface area contributed by atoms with Crippen molar-refractivity contribution in [1.29, 1.82) is 0 Å². The summed E-state index contributed by atoms with van der Waals surface area (Å²) in [4.78, 5) is 56.0. The summed E-state index contributed by atoms with van der Waals surface area (Å²) in [7, 11) is 1.48. The Morgan fingerprint density at radius 3 is 1.00 bits per heavy atom. The van der Waals surface area contributed by atoms with Crippen molar-refractivity contribution in [3.8, 4) is 68.2 Å². The van der Waals surface area contributed by atoms with Crippen LogP contribution in [0.15, 0.2) is 303 Å². The molecule has 10 nitrogen and oxygen atoms in total. The Morgan fingerprint density at radius 2 is 0.551 bits per heavy atom. The number of ether oxygens (including phenoxy) is 4. The quantitative estimate of drug-likeness (QED) is 0.105. The molecule has 98 heavy (non-hydrogen) atoms. The highest BCUT2D eigenvalue weighted by Crippen LogP contribution is 2.58. The van der Waals surface area contributed by atoms with Gasteiger partial charge < -0.3 is 18.9 Å². The summed E-state index contributed by atoms with van der Waals surface area (Å²) in [5.41, 5.74) is 15.4. The molecule has 2 aliphatic heterocycles. The van der Waals surface area contributed by atoms with Gasteiger partial charge in [-0.3, -0.25) is 24.1 Å². The van der Waals surface area contributed by atoms with E-state index in [-0.39, 0.29) is 17.4 Å². The zero-order valence-corrected chi connectivity index (χ0v) is 53.0. The summed E-state index contributed by atoms with van der Waals surface area (Å²) in [5.74, 6) is 3.23. The van der Waals surface area contributed by atoms with Crippen molar-refractivity contribution in [2.75, 3.05) is 11.9 Å². The molecule has 2 heterocycles. The zero-order valence-electron chi connectivity index (χ0n) is 53.0. The summed E-state index contributed by atoms with van der Waals surface area (Å²) in [5, 5.41) is 3.97. The van der Waals surface area contributed by atoms with Crippen LogP contribution in [-0.4, -0.2) is 35.6 Å². The van der Waals surface area contributed by atoms with Crippen molar-refractivity contribution in [3.63, 3.8) is 0 Å². The Kier molecular flexibility index (Phi) is 13.2. The van der Waals surface area contributed by atoms with E-state index in [9.17, 15) is 19.2 Å². The van der Waals surface area contributed by atoms with Crippen LogP contribution in [0, 0.1) is 6.92 Å². The van der Waals surface area contributed by atoms with E-state index in [0.29, 0.717) is 56.9 Å². The van der Waals surface area contributed by atoms with Crippen LogP contribution in [0.25, 0.3) is 43.8 Å². The second kappa shape index (κ2) is 22.4. The first-order chi connectivity index (χ1) is 48.0. The van der Waals surface area contributed by atoms with E-state index in [2.05, 4.69) is 177 Å². The predicted octanol–water partition coefficient (Wildman–Crippen LogP) is 20.2. The largest absolute Gasteiger partial charge is 0.457 e. The molecule has 14 aromatic rings. The number of carbonyl (C=O) groups is 4. The van der Waals surface area contributed by atoms with Crippen molar-refractivity contribution < 1.29 is 38.1 Å². The van der Waals surface area contributed by atoms with E-state index in [1.807, 2.05) is 72.8 Å². The first-order valence-corrected chi connectivity index (χ1v) is 32.5. The van der Waals surface area contributed by atoms with Crippen LogP contribution in [-0.2, 0) is 10.8 Å². The van der Waals surface area contributed by atoms with Crippen molar-refractivity contribution in [1.82, 2.24) is 4.90 Å². The molecular weight excluding hydrogens is 1210 g/mol. The van der Waals surface area contributed by atoms with Gasteiger partial charge in [-0.15, -0.1) is 0 Å². The minimum atomic E-state index is -0.690. The molecular formula is C88H56N2O8. The van der Waals surface area contributed by atoms with E-state index < -0.39 is 22.6 Å². The topological polar surface area (TPSA) is 112 Å². The highest BCUT2D eigenvalue weighted by atomic mass is 16.5. The summed E-state index contributed by atoms with van der Waals surface area (Å²) >= 11 is 0. The molecule has 4 amide bonds. The number of fused-ring (bicyclic) bond motifs is 10. The molecule has 0 atom stereocenters. The predicted molar refractivity (Wildman–Crippen MR) is 381 cm³/mol. The average molecular weight is 1270 g/mol. The van der Waals surface area contributed by atoms with Gasteiger partial charge in [-0.25, -0.2) is 4.90 Å². The Morgan fingerprint density at radius 1 is 0.255 bits per heavy atom. The van der Waals surface area contributed by atoms with Gasteiger partial charge in [0.2, 0.25) is 0 Å². The molecule has 18 rings (SSSR count). The third-order valence-electron chi connectivity index (χ3n) is 19.9. The van der Waals surface area contributed by atoms with Crippen LogP contribution in [0.1, 0.15) is 91.5 Å². The molecule has 0 bridgehead atoms. The first-order valence-electron chi connectivity index (χ1n) is 32.5. The number of amides is 4. The monoisotopic (exact) mass is 1270 g/mol. The van der Waals surface area contributed by atoms with Crippen LogP contribution >= 0.6 is 0 Å². The standard InChI is InChI=1S/C88H56N2O8/c1-53-19-33-63(34-20-53)95-64-37-27-58(28-38-64)87(79-15-7-3-11-71(79)72-12-4-8-16-80(72)87)59-29-39-65(40-30-59)96-66-41-31-62(32-42-66)90-85(93)76-46-44-70(52-78(76)86(90)94)98-68-36-24-55-48-61(26-22-57(55)50-68)88(81-17-9-5-13-73(81)74-14-6-10-18-82(74)88)60-25-21-56-49-67(35-23-54(56)47-60)97-69-43-45-75-77(51-69)84(92)89(2)83(75)91/h3-52H,1-2H3. The molecule has 14 aromatic carbocycles. The van der Waals surface area contributed by atoms with E-state index in [4.69, 9.17) is 18.9 Å². The molecule has 466 valence electrons. The van der Waals surface area contributed by atoms with Crippen LogP contribution in [0.3, 0.4) is 0 Å². The van der Waals surface area contributed by atoms with Crippen molar-refractivity contribution in [2.24, 2.45) is 0 Å². The van der Waals surface area contributed by atoms with E-state index in [1.54, 1.807) is 60.7 Å². The molecule has 0 spiro atoms. The number of nitrogens with zero attached hydrogens (tertiary/aromatic N) is 2. The normalized spacial score (nSPS) is 14.2. The maximum absolute atomic E-state index is 14.3. The zero-order chi connectivity index (χ0) is 66.0. The van der Waals surface area contributed by atoms with Crippen LogP contribution in [0.4, 0.5) is 5.69 Å². The summed E-state index contributed by atoms with van der Waals surface area (Å²) in [6.07, 6.45) is 0. The molecule has 0 fully saturated rings. The number of carbonyl (C=O) groups excluding carboxylic acids is 4. The SMILES string of the molecule is Cc1ccc(Oc2ccc(C3(c4ccc(Oc5ccc(N6C(=O)c7ccc(Oc8ccc9cc(C%10(c%11ccc%12cc(Oc%13ccc%14c(c%13)C(=O)N(C)C%14=O)ccc%12c%11)c%11ccccc%11-c%11ccccc%11%10)ccc9c8)cc7C6=O)cc5)cc4)c4ccccc4-c4ccccc43)cc2)cc1. The fourth-order valence-electron chi connectivity index (χ4n) is 15.4. The summed E-state index contributed by atoms with van der Waals surface area (Å²) < 4.78 is 25.6. The number of hydrogen-bond acceptors (Lipinski definition) is 8. The Balaban J connectivity index is 0.588. The molecule has 4 aliphatic rings. The molecule has 0 saturated carbocycles. The van der Waals surface area contributed by atoms with Gasteiger partial charge in [0.25, 0.3) is 23.6 Å². The molecule has 0 N–H and O–H groups in total. The fourth-order valence-corrected chi connectivity index (χ4v) is 15.4. The van der Waals surface area contributed by atoms with Crippen molar-refractivity contribution in [3.05, 3.63) is 376 Å². The third kappa shape index (κ3) is 9.02. The maximum Gasteiger partial charge on any atom is 0.266 e. The Labute approximate surface area is 564 Å². The third-order valence-corrected chi connectivity index (χ3v) is 19.9. The van der Waals surface area contributed by atoms with Gasteiger partial charge in [-0.2, -0.15) is 0 Å². The van der Waals surface area contributed by atoms with E-state index in [1.165, 1.54) is 62.0 Å². The highest BCUT2D eigenvalue weighted by molar-refractivity contribution is 6.34. The average Bonchev–Trinajstić information content (AvgIpc) is 1.53. The Hall–Kier alpha value is -12.9. The maximum atomic E-state index is 14.3. The lowest BCUT2D eigenvalue weighted by Gasteiger charge is -2.34. The van der Waals surface area contributed by atoms with Crippen molar-refractivity contribution in [2.45, 2.75) is 17.8 Å². The van der Waals surface area contributed by atoms with E-state index in [0.717, 1.165) is 60.2 Å². The lowest BCUT2D eigenvalue weighted by Crippen LogP contribution is -2.29. The number of anilines is 1. The van der Waals surface area contributed by atoms with Crippen LogP contribution in [0.5, 0.6) is 46.0 Å². The number of aryl methyl sites for hydroxylation is 1. The van der Waals surface area contributed by atoms with Crippen molar-refractivity contribution >= 4 is 50.9 Å². The molecule has 10 heteroatoms. The fraction of sp³-hybridized carbons (Fsp3) is 0.0455. The second-order valence-corrected chi connectivity index (χ2v) is 25.4. The lowest BCUT2D eigenvalue weighted by atomic mass is 9.67. The first kappa shape index (κ1) is 57.7. The van der Waals surface area contributed by atoms with Gasteiger partial charge in [-0.05, 0) is 229 Å². The summed E-state index contributed by atoms with van der Waals surface area (Å²) in [6, 6.07) is 101. The smallest absolute Gasteiger partial charge is 0.266 e. The van der Waals surface area contributed by atoms with E-state index >= 15 is 0 Å². The van der Waals surface area contributed by atoms with Gasteiger partial charge in [0, 0.05) is 7.05 Å². The van der Waals surface area contributed by atoms with Gasteiger partial charge in [0.1, 0.15) is 46.0 Å². The molecule has 2 aliphatic carbocycles. The number of rotatable bonds is 13.